The molecular weight excluding hydrogens is 310 g/mol. The van der Waals surface area contributed by atoms with Crippen molar-refractivity contribution in [1.29, 1.82) is 0 Å². The van der Waals surface area contributed by atoms with Crippen LogP contribution in [0.2, 0.25) is 0 Å². The molecule has 6 heteroatoms. The molecule has 0 radical (unpaired) electrons. The number of ether oxygens (including phenoxy) is 2. The summed E-state index contributed by atoms with van der Waals surface area (Å²) in [6.45, 7) is 6.02. The lowest BCUT2D eigenvalue weighted by molar-refractivity contribution is -0.143. The van der Waals surface area contributed by atoms with E-state index in [9.17, 15) is 14.7 Å². The summed E-state index contributed by atoms with van der Waals surface area (Å²) in [6, 6.07) is 5.08. The molecule has 0 spiro atoms. The van der Waals surface area contributed by atoms with Crippen LogP contribution in [0, 0.1) is 5.92 Å². The van der Waals surface area contributed by atoms with Crippen LogP contribution >= 0.6 is 0 Å². The zero-order valence-corrected chi connectivity index (χ0v) is 14.6. The first-order valence-electron chi connectivity index (χ1n) is 8.22. The zero-order valence-electron chi connectivity index (χ0n) is 14.6. The topological polar surface area (TPSA) is 76.1 Å². The largest absolute Gasteiger partial charge is 0.493 e. The Morgan fingerprint density at radius 2 is 1.96 bits per heavy atom. The Bertz CT molecular complexity index is 613. The smallest absolute Gasteiger partial charge is 0.308 e. The van der Waals surface area contributed by atoms with Gasteiger partial charge in [0.1, 0.15) is 0 Å². The van der Waals surface area contributed by atoms with E-state index in [4.69, 9.17) is 9.47 Å². The van der Waals surface area contributed by atoms with Crippen LogP contribution in [0.3, 0.4) is 0 Å². The molecule has 24 heavy (non-hydrogen) atoms. The third kappa shape index (κ3) is 3.99. The molecule has 0 bridgehead atoms. The minimum absolute atomic E-state index is 0.00102. The van der Waals surface area contributed by atoms with Crippen molar-refractivity contribution >= 4 is 11.9 Å². The van der Waals surface area contributed by atoms with E-state index in [-0.39, 0.29) is 24.6 Å². The van der Waals surface area contributed by atoms with Crippen LogP contribution in [0.5, 0.6) is 11.5 Å². The lowest BCUT2D eigenvalue weighted by Gasteiger charge is -2.36. The second-order valence-electron chi connectivity index (χ2n) is 6.45. The van der Waals surface area contributed by atoms with E-state index >= 15 is 0 Å². The first-order chi connectivity index (χ1) is 11.3. The molecule has 1 saturated heterocycles. The molecule has 1 aromatic rings. The molecule has 2 unspecified atom stereocenters. The molecule has 0 aromatic heterocycles. The van der Waals surface area contributed by atoms with E-state index in [1.807, 2.05) is 20.8 Å². The highest BCUT2D eigenvalue weighted by atomic mass is 16.5. The van der Waals surface area contributed by atoms with Gasteiger partial charge < -0.3 is 19.5 Å². The van der Waals surface area contributed by atoms with E-state index in [1.54, 1.807) is 23.1 Å². The molecule has 1 aromatic carbocycles. The standard InChI is InChI=1S/C18H25NO5/c1-11(2)24-15-8-7-13(9-16(15)23-4)17(20)19-10-14(18(21)22)6-5-12(19)3/h7-9,11-12,14H,5-6,10H2,1-4H3,(H,21,22). The third-order valence-corrected chi connectivity index (χ3v) is 4.27. The fraction of sp³-hybridized carbons (Fsp3) is 0.556. The summed E-state index contributed by atoms with van der Waals surface area (Å²) in [4.78, 5) is 25.7. The second kappa shape index (κ2) is 7.55. The van der Waals surface area contributed by atoms with Crippen molar-refractivity contribution in [3.8, 4) is 11.5 Å². The lowest BCUT2D eigenvalue weighted by atomic mass is 9.93. The van der Waals surface area contributed by atoms with Crippen molar-refractivity contribution in [1.82, 2.24) is 4.90 Å². The predicted octanol–water partition coefficient (Wildman–Crippen LogP) is 2.81. The number of carboxylic acid groups (broad SMARTS) is 1. The summed E-state index contributed by atoms with van der Waals surface area (Å²) in [5, 5.41) is 9.22. The first kappa shape index (κ1) is 18.1. The van der Waals surface area contributed by atoms with Gasteiger partial charge in [0, 0.05) is 18.2 Å². The molecule has 6 nitrogen and oxygen atoms in total. The van der Waals surface area contributed by atoms with Crippen LogP contribution in [0.4, 0.5) is 0 Å². The Labute approximate surface area is 142 Å². The highest BCUT2D eigenvalue weighted by Gasteiger charge is 2.33. The van der Waals surface area contributed by atoms with Gasteiger partial charge in [-0.1, -0.05) is 0 Å². The van der Waals surface area contributed by atoms with Gasteiger partial charge in [-0.15, -0.1) is 0 Å². The molecule has 1 N–H and O–H groups in total. The van der Waals surface area contributed by atoms with Crippen LogP contribution in [0.15, 0.2) is 18.2 Å². The van der Waals surface area contributed by atoms with Gasteiger partial charge in [-0.2, -0.15) is 0 Å². The summed E-state index contributed by atoms with van der Waals surface area (Å²) in [7, 11) is 1.53. The number of carboxylic acids is 1. The number of nitrogens with zero attached hydrogens (tertiary/aromatic N) is 1. The Morgan fingerprint density at radius 1 is 1.25 bits per heavy atom. The summed E-state index contributed by atoms with van der Waals surface area (Å²) >= 11 is 0. The SMILES string of the molecule is COc1cc(C(=O)N2CC(C(=O)O)CCC2C)ccc1OC(C)C. The summed E-state index contributed by atoms with van der Waals surface area (Å²) in [5.41, 5.74) is 0.473. The monoisotopic (exact) mass is 335 g/mol. The van der Waals surface area contributed by atoms with Gasteiger partial charge in [0.25, 0.3) is 5.91 Å². The maximum Gasteiger partial charge on any atom is 0.308 e. The Kier molecular flexibility index (Phi) is 5.70. The fourth-order valence-corrected chi connectivity index (χ4v) is 2.91. The number of hydrogen-bond donors (Lipinski definition) is 1. The molecule has 1 aliphatic heterocycles. The number of carbonyl (C=O) groups excluding carboxylic acids is 1. The number of aliphatic carboxylic acids is 1. The molecule has 0 saturated carbocycles. The Balaban J connectivity index is 2.23. The zero-order chi connectivity index (χ0) is 17.9. The van der Waals surface area contributed by atoms with E-state index in [0.717, 1.165) is 0 Å². The van der Waals surface area contributed by atoms with Crippen molar-refractivity contribution < 1.29 is 24.2 Å². The quantitative estimate of drug-likeness (QED) is 0.895. The van der Waals surface area contributed by atoms with Gasteiger partial charge in [0.2, 0.25) is 0 Å². The fourth-order valence-electron chi connectivity index (χ4n) is 2.91. The van der Waals surface area contributed by atoms with Crippen LogP contribution in [0.25, 0.3) is 0 Å². The van der Waals surface area contributed by atoms with E-state index in [2.05, 4.69) is 0 Å². The number of likely N-dealkylation sites (tertiary alicyclic amines) is 1. The van der Waals surface area contributed by atoms with E-state index in [0.29, 0.717) is 29.9 Å². The average Bonchev–Trinajstić information content (AvgIpc) is 2.54. The van der Waals surface area contributed by atoms with Gasteiger partial charge in [0.15, 0.2) is 11.5 Å². The Hall–Kier alpha value is -2.24. The van der Waals surface area contributed by atoms with Gasteiger partial charge in [0.05, 0.1) is 19.1 Å². The van der Waals surface area contributed by atoms with E-state index < -0.39 is 11.9 Å². The maximum absolute atomic E-state index is 12.8. The summed E-state index contributed by atoms with van der Waals surface area (Å²) in [5.74, 6) is -0.454. The molecule has 132 valence electrons. The molecular formula is C18H25NO5. The van der Waals surface area contributed by atoms with Crippen molar-refractivity contribution in [3.63, 3.8) is 0 Å². The van der Waals surface area contributed by atoms with Crippen molar-refractivity contribution in [2.45, 2.75) is 45.8 Å². The highest BCUT2D eigenvalue weighted by molar-refractivity contribution is 5.95. The Morgan fingerprint density at radius 3 is 2.54 bits per heavy atom. The minimum atomic E-state index is -0.849. The lowest BCUT2D eigenvalue weighted by Crippen LogP contribution is -2.47. The van der Waals surface area contributed by atoms with Gasteiger partial charge in [-0.05, 0) is 51.8 Å². The van der Waals surface area contributed by atoms with Crippen molar-refractivity contribution in [2.75, 3.05) is 13.7 Å². The molecule has 2 rings (SSSR count). The van der Waals surface area contributed by atoms with Gasteiger partial charge in [-0.25, -0.2) is 0 Å². The summed E-state index contributed by atoms with van der Waals surface area (Å²) < 4.78 is 11.0. The first-order valence-corrected chi connectivity index (χ1v) is 8.22. The average molecular weight is 335 g/mol. The van der Waals surface area contributed by atoms with Crippen molar-refractivity contribution in [3.05, 3.63) is 23.8 Å². The predicted molar refractivity (Wildman–Crippen MR) is 89.6 cm³/mol. The molecule has 2 atom stereocenters. The summed E-state index contributed by atoms with van der Waals surface area (Å²) in [6.07, 6.45) is 1.29. The highest BCUT2D eigenvalue weighted by Crippen LogP contribution is 2.31. The molecule has 0 aliphatic carbocycles. The van der Waals surface area contributed by atoms with E-state index in [1.165, 1.54) is 7.11 Å². The van der Waals surface area contributed by atoms with Gasteiger partial charge in [-0.3, -0.25) is 9.59 Å². The number of carbonyl (C=O) groups is 2. The minimum Gasteiger partial charge on any atom is -0.493 e. The van der Waals surface area contributed by atoms with Gasteiger partial charge >= 0.3 is 5.97 Å². The number of rotatable bonds is 5. The molecule has 1 amide bonds. The maximum atomic E-state index is 12.8. The molecule has 1 heterocycles. The van der Waals surface area contributed by atoms with Crippen molar-refractivity contribution in [2.24, 2.45) is 5.92 Å². The number of benzene rings is 1. The van der Waals surface area contributed by atoms with Crippen LogP contribution in [0.1, 0.15) is 44.0 Å². The van der Waals surface area contributed by atoms with Crippen LogP contribution in [-0.2, 0) is 4.79 Å². The van der Waals surface area contributed by atoms with Crippen LogP contribution < -0.4 is 9.47 Å². The normalized spacial score (nSPS) is 20.8. The number of piperidine rings is 1. The number of amides is 1. The molecule has 1 fully saturated rings. The third-order valence-electron chi connectivity index (χ3n) is 4.27. The second-order valence-corrected chi connectivity index (χ2v) is 6.45. The number of methoxy groups -OCH3 is 1. The number of hydrogen-bond acceptors (Lipinski definition) is 4. The van der Waals surface area contributed by atoms with Crippen LogP contribution in [-0.4, -0.2) is 47.7 Å². The molecule has 1 aliphatic rings.